The smallest absolute Gasteiger partial charge is 0.134 e. The van der Waals surface area contributed by atoms with E-state index in [9.17, 15) is 5.11 Å². The standard InChI is InChI=1S/C22H31N5O/c1-17-4-2-6-20(12-17)25-19-7-10-26(11-8-19)21-13-22(24-16-23-21)27-9-3-5-18(14-27)15-28/h2,4,6,12-13,16,18-19,25,28H,3,5,7-11,14-15H2,1H3. The average molecular weight is 382 g/mol. The number of anilines is 3. The highest BCUT2D eigenvalue weighted by Gasteiger charge is 2.23. The Balaban J connectivity index is 1.35. The molecule has 1 aromatic carbocycles. The summed E-state index contributed by atoms with van der Waals surface area (Å²) in [5.41, 5.74) is 2.50. The van der Waals surface area contributed by atoms with Crippen molar-refractivity contribution in [1.29, 1.82) is 0 Å². The molecule has 0 aliphatic carbocycles. The molecule has 2 saturated heterocycles. The first-order valence-electron chi connectivity index (χ1n) is 10.5. The Labute approximate surface area is 167 Å². The topological polar surface area (TPSA) is 64.5 Å². The predicted molar refractivity (Wildman–Crippen MR) is 114 cm³/mol. The van der Waals surface area contributed by atoms with Gasteiger partial charge in [-0.2, -0.15) is 0 Å². The van der Waals surface area contributed by atoms with Crippen molar-refractivity contribution in [2.24, 2.45) is 5.92 Å². The van der Waals surface area contributed by atoms with Crippen LogP contribution in [0.3, 0.4) is 0 Å². The molecule has 2 aromatic rings. The van der Waals surface area contributed by atoms with Crippen LogP contribution in [0.4, 0.5) is 17.3 Å². The van der Waals surface area contributed by atoms with Crippen LogP contribution in [0.1, 0.15) is 31.2 Å². The number of nitrogens with zero attached hydrogens (tertiary/aromatic N) is 4. The van der Waals surface area contributed by atoms with Gasteiger partial charge < -0.3 is 20.2 Å². The van der Waals surface area contributed by atoms with Gasteiger partial charge in [-0.3, -0.25) is 0 Å². The van der Waals surface area contributed by atoms with E-state index >= 15 is 0 Å². The Morgan fingerprint density at radius 2 is 1.82 bits per heavy atom. The van der Waals surface area contributed by atoms with Crippen LogP contribution in [0.5, 0.6) is 0 Å². The molecule has 2 N–H and O–H groups in total. The lowest BCUT2D eigenvalue weighted by molar-refractivity contribution is 0.208. The van der Waals surface area contributed by atoms with Crippen LogP contribution in [0.25, 0.3) is 0 Å². The summed E-state index contributed by atoms with van der Waals surface area (Å²) in [5.74, 6) is 2.36. The molecule has 0 amide bonds. The highest BCUT2D eigenvalue weighted by molar-refractivity contribution is 5.51. The van der Waals surface area contributed by atoms with E-state index in [1.165, 1.54) is 11.3 Å². The van der Waals surface area contributed by atoms with Crippen LogP contribution in [-0.2, 0) is 0 Å². The summed E-state index contributed by atoms with van der Waals surface area (Å²) in [6.45, 7) is 6.28. The van der Waals surface area contributed by atoms with E-state index in [-0.39, 0.29) is 6.61 Å². The number of nitrogens with one attached hydrogen (secondary N) is 1. The number of piperidine rings is 2. The Hall–Kier alpha value is -2.34. The number of benzene rings is 1. The van der Waals surface area contributed by atoms with Gasteiger partial charge in [0.1, 0.15) is 18.0 Å². The summed E-state index contributed by atoms with van der Waals surface area (Å²) in [6.07, 6.45) is 6.10. The van der Waals surface area contributed by atoms with Crippen molar-refractivity contribution in [2.75, 3.05) is 47.9 Å². The van der Waals surface area contributed by atoms with Gasteiger partial charge in [0.2, 0.25) is 0 Å². The Morgan fingerprint density at radius 3 is 2.57 bits per heavy atom. The average Bonchev–Trinajstić information content (AvgIpc) is 2.74. The third-order valence-corrected chi connectivity index (χ3v) is 5.95. The Bertz CT molecular complexity index is 775. The maximum absolute atomic E-state index is 9.49. The summed E-state index contributed by atoms with van der Waals surface area (Å²) in [4.78, 5) is 13.7. The van der Waals surface area contributed by atoms with E-state index in [4.69, 9.17) is 0 Å². The zero-order valence-electron chi connectivity index (χ0n) is 16.7. The summed E-state index contributed by atoms with van der Waals surface area (Å²) >= 11 is 0. The Morgan fingerprint density at radius 1 is 1.04 bits per heavy atom. The SMILES string of the molecule is Cc1cccc(NC2CCN(c3cc(N4CCCC(CO)C4)ncn3)CC2)c1. The van der Waals surface area contributed by atoms with Crippen LogP contribution in [0.2, 0.25) is 0 Å². The quantitative estimate of drug-likeness (QED) is 0.830. The molecule has 0 spiro atoms. The zero-order chi connectivity index (χ0) is 19.3. The third-order valence-electron chi connectivity index (χ3n) is 5.95. The van der Waals surface area contributed by atoms with Gasteiger partial charge in [0.15, 0.2) is 0 Å². The first-order valence-corrected chi connectivity index (χ1v) is 10.5. The molecule has 0 bridgehead atoms. The second-order valence-corrected chi connectivity index (χ2v) is 8.15. The molecule has 6 heteroatoms. The van der Waals surface area contributed by atoms with Gasteiger partial charge >= 0.3 is 0 Å². The minimum absolute atomic E-state index is 0.260. The second kappa shape index (κ2) is 8.78. The van der Waals surface area contributed by atoms with Crippen molar-refractivity contribution in [3.8, 4) is 0 Å². The largest absolute Gasteiger partial charge is 0.396 e. The van der Waals surface area contributed by atoms with Crippen molar-refractivity contribution in [3.63, 3.8) is 0 Å². The van der Waals surface area contributed by atoms with Crippen molar-refractivity contribution in [2.45, 2.75) is 38.6 Å². The van der Waals surface area contributed by atoms with Gasteiger partial charge in [0, 0.05) is 50.6 Å². The summed E-state index contributed by atoms with van der Waals surface area (Å²) in [7, 11) is 0. The number of aliphatic hydroxyl groups excluding tert-OH is 1. The van der Waals surface area contributed by atoms with Crippen molar-refractivity contribution in [1.82, 2.24) is 9.97 Å². The van der Waals surface area contributed by atoms with Crippen LogP contribution in [-0.4, -0.2) is 53.9 Å². The Kier molecular flexibility index (Phi) is 5.95. The fourth-order valence-electron chi connectivity index (χ4n) is 4.33. The van der Waals surface area contributed by atoms with Gasteiger partial charge in [-0.05, 0) is 56.2 Å². The first-order chi connectivity index (χ1) is 13.7. The van der Waals surface area contributed by atoms with Gasteiger partial charge in [0.05, 0.1) is 0 Å². The lowest BCUT2D eigenvalue weighted by Crippen LogP contribution is -2.40. The minimum Gasteiger partial charge on any atom is -0.396 e. The number of aryl methyl sites for hydroxylation is 1. The molecule has 3 heterocycles. The van der Waals surface area contributed by atoms with Gasteiger partial charge in [-0.15, -0.1) is 0 Å². The lowest BCUT2D eigenvalue weighted by Gasteiger charge is -2.35. The molecule has 150 valence electrons. The normalized spacial score (nSPS) is 21.0. The van der Waals surface area contributed by atoms with E-state index in [0.29, 0.717) is 12.0 Å². The van der Waals surface area contributed by atoms with Crippen molar-refractivity contribution in [3.05, 3.63) is 42.2 Å². The predicted octanol–water partition coefficient (Wildman–Crippen LogP) is 3.07. The monoisotopic (exact) mass is 381 g/mol. The number of aliphatic hydroxyl groups is 1. The fourth-order valence-corrected chi connectivity index (χ4v) is 4.33. The summed E-state index contributed by atoms with van der Waals surface area (Å²) in [5, 5.41) is 13.2. The van der Waals surface area contributed by atoms with E-state index in [1.54, 1.807) is 6.33 Å². The maximum Gasteiger partial charge on any atom is 0.134 e. The molecule has 6 nitrogen and oxygen atoms in total. The molecule has 0 radical (unpaired) electrons. The van der Waals surface area contributed by atoms with Gasteiger partial charge in [-0.1, -0.05) is 12.1 Å². The minimum atomic E-state index is 0.260. The molecule has 1 unspecified atom stereocenters. The highest BCUT2D eigenvalue weighted by atomic mass is 16.3. The zero-order valence-corrected chi connectivity index (χ0v) is 16.7. The molecule has 28 heavy (non-hydrogen) atoms. The van der Waals surface area contributed by atoms with Crippen LogP contribution < -0.4 is 15.1 Å². The highest BCUT2D eigenvalue weighted by Crippen LogP contribution is 2.26. The number of hydrogen-bond donors (Lipinski definition) is 2. The van der Waals surface area contributed by atoms with Crippen LogP contribution >= 0.6 is 0 Å². The molecule has 1 aromatic heterocycles. The molecular weight excluding hydrogens is 350 g/mol. The molecule has 2 aliphatic heterocycles. The van der Waals surface area contributed by atoms with Crippen molar-refractivity contribution < 1.29 is 5.11 Å². The van der Waals surface area contributed by atoms with Crippen LogP contribution in [0.15, 0.2) is 36.7 Å². The van der Waals surface area contributed by atoms with E-state index in [1.807, 2.05) is 0 Å². The van der Waals surface area contributed by atoms with Crippen LogP contribution in [0, 0.1) is 12.8 Å². The maximum atomic E-state index is 9.49. The summed E-state index contributed by atoms with van der Waals surface area (Å²) < 4.78 is 0. The summed E-state index contributed by atoms with van der Waals surface area (Å²) in [6, 6.07) is 11.2. The third kappa shape index (κ3) is 4.55. The number of hydrogen-bond acceptors (Lipinski definition) is 6. The van der Waals surface area contributed by atoms with Gasteiger partial charge in [-0.25, -0.2) is 9.97 Å². The molecule has 4 rings (SSSR count). The number of rotatable bonds is 5. The molecular formula is C22H31N5O. The van der Waals surface area contributed by atoms with Gasteiger partial charge in [0.25, 0.3) is 0 Å². The lowest BCUT2D eigenvalue weighted by atomic mass is 9.99. The number of aromatic nitrogens is 2. The molecule has 1 atom stereocenters. The molecule has 2 aliphatic rings. The first kappa shape index (κ1) is 19.0. The molecule has 0 saturated carbocycles. The molecule has 2 fully saturated rings. The second-order valence-electron chi connectivity index (χ2n) is 8.15. The van der Waals surface area contributed by atoms with E-state index < -0.39 is 0 Å². The van der Waals surface area contributed by atoms with E-state index in [0.717, 1.165) is 63.5 Å². The fraction of sp³-hybridized carbons (Fsp3) is 0.545. The van der Waals surface area contributed by atoms with E-state index in [2.05, 4.69) is 62.3 Å². The van der Waals surface area contributed by atoms with Crippen molar-refractivity contribution >= 4 is 17.3 Å².